The lowest BCUT2D eigenvalue weighted by atomic mass is 9.83. The summed E-state index contributed by atoms with van der Waals surface area (Å²) >= 11 is 2.17. The van der Waals surface area contributed by atoms with Crippen molar-refractivity contribution in [3.63, 3.8) is 0 Å². The van der Waals surface area contributed by atoms with Gasteiger partial charge in [-0.15, -0.1) is 0 Å². The van der Waals surface area contributed by atoms with Gasteiger partial charge in [0.2, 0.25) is 0 Å². The van der Waals surface area contributed by atoms with Crippen LogP contribution in [-0.4, -0.2) is 35.1 Å². The van der Waals surface area contributed by atoms with Gasteiger partial charge >= 0.3 is 0 Å². The van der Waals surface area contributed by atoms with Crippen LogP contribution in [0.4, 0.5) is 0 Å². The highest BCUT2D eigenvalue weighted by Crippen LogP contribution is 2.23. The molecule has 3 N–H and O–H groups in total. The number of benzene rings is 1. The Kier molecular flexibility index (Phi) is 4.31. The van der Waals surface area contributed by atoms with Crippen molar-refractivity contribution in [2.24, 2.45) is 0 Å². The zero-order valence-corrected chi connectivity index (χ0v) is 9.81. The van der Waals surface area contributed by atoms with E-state index in [1.807, 2.05) is 24.3 Å². The van der Waals surface area contributed by atoms with E-state index in [0.29, 0.717) is 0 Å². The van der Waals surface area contributed by atoms with Gasteiger partial charge in [-0.3, -0.25) is 0 Å². The highest BCUT2D eigenvalue weighted by atomic mass is 127. The highest BCUT2D eigenvalue weighted by molar-refractivity contribution is 14.1. The zero-order chi connectivity index (χ0) is 10.6. The molecule has 0 fully saturated rings. The molecule has 0 aliphatic carbocycles. The lowest BCUT2D eigenvalue weighted by molar-refractivity contribution is 0.0641. The summed E-state index contributed by atoms with van der Waals surface area (Å²) in [6, 6.07) is 7.38. The van der Waals surface area contributed by atoms with E-state index in [4.69, 9.17) is 0 Å². The summed E-state index contributed by atoms with van der Waals surface area (Å²) < 4.78 is 1.08. The molecule has 3 nitrogen and oxygen atoms in total. The van der Waals surface area contributed by atoms with Gasteiger partial charge in [0.05, 0.1) is 25.2 Å². The Morgan fingerprint density at radius 2 is 1.36 bits per heavy atom. The van der Waals surface area contributed by atoms with Crippen LogP contribution in [0.1, 0.15) is 5.56 Å². The molecule has 0 unspecified atom stereocenters. The van der Waals surface area contributed by atoms with Gasteiger partial charge in [-0.05, 0) is 40.3 Å². The quantitative estimate of drug-likeness (QED) is 0.710. The van der Waals surface area contributed by atoms with Crippen molar-refractivity contribution < 1.29 is 15.3 Å². The van der Waals surface area contributed by atoms with Crippen molar-refractivity contribution in [3.8, 4) is 0 Å². The summed E-state index contributed by atoms with van der Waals surface area (Å²) in [6.07, 6.45) is 0. The van der Waals surface area contributed by atoms with Crippen molar-refractivity contribution >= 4 is 22.6 Å². The van der Waals surface area contributed by atoms with Crippen LogP contribution in [0.3, 0.4) is 0 Å². The second kappa shape index (κ2) is 5.06. The number of hydrogen-bond donors (Lipinski definition) is 3. The molecule has 1 rings (SSSR count). The molecule has 0 amide bonds. The zero-order valence-electron chi connectivity index (χ0n) is 7.65. The lowest BCUT2D eigenvalue weighted by Gasteiger charge is -2.27. The average molecular weight is 308 g/mol. The molecule has 0 saturated carbocycles. The SMILES string of the molecule is OCC(CO)(CO)c1ccc(I)cc1. The lowest BCUT2D eigenvalue weighted by Crippen LogP contribution is -2.38. The van der Waals surface area contributed by atoms with Crippen molar-refractivity contribution in [2.45, 2.75) is 5.41 Å². The molecular weight excluding hydrogens is 295 g/mol. The third-order valence-corrected chi connectivity index (χ3v) is 3.08. The van der Waals surface area contributed by atoms with Gasteiger partial charge in [0, 0.05) is 3.57 Å². The highest BCUT2D eigenvalue weighted by Gasteiger charge is 2.30. The first-order valence-corrected chi connectivity index (χ1v) is 5.35. The number of hydrogen-bond acceptors (Lipinski definition) is 3. The van der Waals surface area contributed by atoms with Gasteiger partial charge in [0.25, 0.3) is 0 Å². The summed E-state index contributed by atoms with van der Waals surface area (Å²) in [4.78, 5) is 0. The fraction of sp³-hybridized carbons (Fsp3) is 0.400. The van der Waals surface area contributed by atoms with Gasteiger partial charge in [0.1, 0.15) is 0 Å². The van der Waals surface area contributed by atoms with Gasteiger partial charge < -0.3 is 15.3 Å². The molecule has 0 heterocycles. The molecular formula is C10H13IO3. The third kappa shape index (κ3) is 2.25. The summed E-state index contributed by atoms with van der Waals surface area (Å²) in [5.74, 6) is 0. The first-order chi connectivity index (χ1) is 6.68. The Labute approximate surface area is 96.5 Å². The number of aliphatic hydroxyl groups is 3. The molecule has 0 radical (unpaired) electrons. The molecule has 0 aliphatic rings. The van der Waals surface area contributed by atoms with Crippen molar-refractivity contribution in [3.05, 3.63) is 33.4 Å². The smallest absolute Gasteiger partial charge is 0.0645 e. The Hall–Kier alpha value is -0.170. The number of rotatable bonds is 4. The minimum Gasteiger partial charge on any atom is -0.395 e. The van der Waals surface area contributed by atoms with Crippen LogP contribution in [0.2, 0.25) is 0 Å². The third-order valence-electron chi connectivity index (χ3n) is 2.36. The molecule has 0 aliphatic heterocycles. The standard InChI is InChI=1S/C10H13IO3/c11-9-3-1-8(2-4-9)10(5-12,6-13)7-14/h1-4,12-14H,5-7H2. The largest absolute Gasteiger partial charge is 0.395 e. The predicted octanol–water partition coefficient (Wildman–Crippen LogP) is 0.506. The molecule has 1 aromatic carbocycles. The van der Waals surface area contributed by atoms with Gasteiger partial charge in [-0.2, -0.15) is 0 Å². The fourth-order valence-corrected chi connectivity index (χ4v) is 1.59. The normalized spacial score (nSPS) is 11.7. The second-order valence-electron chi connectivity index (χ2n) is 3.26. The van der Waals surface area contributed by atoms with E-state index in [9.17, 15) is 15.3 Å². The minimum atomic E-state index is -0.926. The molecule has 0 saturated heterocycles. The molecule has 4 heteroatoms. The van der Waals surface area contributed by atoms with Crippen LogP contribution in [0.15, 0.2) is 24.3 Å². The monoisotopic (exact) mass is 308 g/mol. The summed E-state index contributed by atoms with van der Waals surface area (Å²) in [5.41, 5.74) is -0.171. The van der Waals surface area contributed by atoms with E-state index in [1.54, 1.807) is 0 Å². The second-order valence-corrected chi connectivity index (χ2v) is 4.51. The number of halogens is 1. The molecule has 78 valence electrons. The van der Waals surface area contributed by atoms with Crippen LogP contribution >= 0.6 is 22.6 Å². The molecule has 0 aromatic heterocycles. The topological polar surface area (TPSA) is 60.7 Å². The van der Waals surface area contributed by atoms with E-state index in [1.165, 1.54) is 0 Å². The maximum absolute atomic E-state index is 9.18. The van der Waals surface area contributed by atoms with Crippen LogP contribution in [0.5, 0.6) is 0 Å². The molecule has 0 spiro atoms. The van der Waals surface area contributed by atoms with Crippen molar-refractivity contribution in [1.29, 1.82) is 0 Å². The van der Waals surface area contributed by atoms with Crippen LogP contribution in [0, 0.1) is 3.57 Å². The van der Waals surface area contributed by atoms with Gasteiger partial charge in [-0.1, -0.05) is 12.1 Å². The maximum atomic E-state index is 9.18. The first-order valence-electron chi connectivity index (χ1n) is 4.27. The maximum Gasteiger partial charge on any atom is 0.0645 e. The molecule has 1 aromatic rings. The van der Waals surface area contributed by atoms with Gasteiger partial charge in [-0.25, -0.2) is 0 Å². The predicted molar refractivity (Wildman–Crippen MR) is 62.1 cm³/mol. The van der Waals surface area contributed by atoms with Crippen LogP contribution in [0.25, 0.3) is 0 Å². The van der Waals surface area contributed by atoms with E-state index in [-0.39, 0.29) is 19.8 Å². The summed E-state index contributed by atoms with van der Waals surface area (Å²) in [5, 5.41) is 27.5. The summed E-state index contributed by atoms with van der Waals surface area (Å²) in [6.45, 7) is -0.790. The molecule has 0 atom stereocenters. The van der Waals surface area contributed by atoms with Gasteiger partial charge in [0.15, 0.2) is 0 Å². The number of aliphatic hydroxyl groups excluding tert-OH is 3. The molecule has 14 heavy (non-hydrogen) atoms. The Morgan fingerprint density at radius 1 is 0.929 bits per heavy atom. The van der Waals surface area contributed by atoms with Crippen molar-refractivity contribution in [2.75, 3.05) is 19.8 Å². The Morgan fingerprint density at radius 3 is 1.71 bits per heavy atom. The van der Waals surface area contributed by atoms with Crippen LogP contribution < -0.4 is 0 Å². The Balaban J connectivity index is 3.05. The molecule has 0 bridgehead atoms. The van der Waals surface area contributed by atoms with E-state index in [2.05, 4.69) is 22.6 Å². The van der Waals surface area contributed by atoms with Crippen LogP contribution in [-0.2, 0) is 5.41 Å². The average Bonchev–Trinajstić information content (AvgIpc) is 2.24. The van der Waals surface area contributed by atoms with E-state index in [0.717, 1.165) is 9.13 Å². The minimum absolute atomic E-state index is 0.263. The Bertz CT molecular complexity index is 272. The van der Waals surface area contributed by atoms with Crippen molar-refractivity contribution in [1.82, 2.24) is 0 Å². The first kappa shape index (κ1) is 11.9. The summed E-state index contributed by atoms with van der Waals surface area (Å²) in [7, 11) is 0. The van der Waals surface area contributed by atoms with E-state index < -0.39 is 5.41 Å². The fourth-order valence-electron chi connectivity index (χ4n) is 1.23. The van der Waals surface area contributed by atoms with E-state index >= 15 is 0 Å².